The smallest absolute Gasteiger partial charge is 0.355 e. The highest BCUT2D eigenvalue weighted by Crippen LogP contribution is 2.26. The quantitative estimate of drug-likeness (QED) is 0.0627. The number of fused-ring (bicyclic) bond motifs is 1. The van der Waals surface area contributed by atoms with E-state index in [9.17, 15) is 39.0 Å². The molecule has 3 heterocycles. The first-order valence-electron chi connectivity index (χ1n) is 20.1. The standard InChI is InChI=1S/C42H48ClN11O9/c1-42(2,3)63-40(61)34-22-27-21-30(9-10-31(27)47-34)45-36(57)33(49-38(59)37(58)48-32-23-28(43)6-11-35(32)54-24-44-50-51-54)20-25-4-7-29(8-5-25)46-41(62)53-14-12-26(13-15-53)39(60)52(16-18-55)17-19-56/h4-11,21-24,26,33,47,55-56H,12-20H2,1-3H3,(H,45,57)(H,46,62)(H,48,58)(H,49,59)/t33-/m0/s1. The Labute approximate surface area is 366 Å². The fourth-order valence-corrected chi connectivity index (χ4v) is 7.07. The molecule has 6 rings (SSSR count). The number of likely N-dealkylation sites (tertiary alicyclic amines) is 1. The SMILES string of the molecule is CC(C)(C)OC(=O)c1cc2cc(NC(=O)[C@H](Cc3ccc(NC(=O)N4CCC(C(=O)N(CCO)CCO)CC4)cc3)NC(=O)C(=O)Nc3cc(Cl)ccc3-n3cnnn3)ccc2[nH]1. The van der Waals surface area contributed by atoms with E-state index in [-0.39, 0.29) is 67.0 Å². The fourth-order valence-electron chi connectivity index (χ4n) is 6.90. The van der Waals surface area contributed by atoms with Crippen molar-refractivity contribution in [3.05, 3.63) is 89.3 Å². The number of aromatic nitrogens is 5. The number of nitrogens with zero attached hydrogens (tertiary/aromatic N) is 6. The van der Waals surface area contributed by atoms with E-state index in [2.05, 4.69) is 41.8 Å². The predicted octanol–water partition coefficient (Wildman–Crippen LogP) is 3.11. The minimum atomic E-state index is -1.30. The summed E-state index contributed by atoms with van der Waals surface area (Å²) in [5.74, 6) is -3.94. The topological polar surface area (TPSA) is 266 Å². The summed E-state index contributed by atoms with van der Waals surface area (Å²) in [5.41, 5.74) is 1.94. The molecule has 21 heteroatoms. The Morgan fingerprint density at radius 3 is 2.24 bits per heavy atom. The number of halogens is 1. The Hall–Kier alpha value is -6.90. The maximum atomic E-state index is 14.0. The largest absolute Gasteiger partial charge is 0.455 e. The Kier molecular flexibility index (Phi) is 14.7. The van der Waals surface area contributed by atoms with Gasteiger partial charge < -0.3 is 51.0 Å². The molecule has 1 saturated heterocycles. The number of hydrogen-bond acceptors (Lipinski definition) is 12. The number of urea groups is 1. The molecule has 1 aliphatic heterocycles. The maximum Gasteiger partial charge on any atom is 0.355 e. The molecule has 63 heavy (non-hydrogen) atoms. The number of nitrogens with one attached hydrogen (secondary N) is 5. The molecule has 0 spiro atoms. The second kappa shape index (κ2) is 20.3. The molecule has 1 atom stereocenters. The van der Waals surface area contributed by atoms with Gasteiger partial charge in [-0.15, -0.1) is 5.10 Å². The Morgan fingerprint density at radius 2 is 1.59 bits per heavy atom. The van der Waals surface area contributed by atoms with Crippen molar-refractivity contribution >= 4 is 75.2 Å². The molecule has 332 valence electrons. The molecule has 1 fully saturated rings. The van der Waals surface area contributed by atoms with Gasteiger partial charge in [0, 0.05) is 65.8 Å². The third-order valence-electron chi connectivity index (χ3n) is 9.97. The predicted molar refractivity (Wildman–Crippen MR) is 231 cm³/mol. The number of hydrogen-bond donors (Lipinski definition) is 7. The van der Waals surface area contributed by atoms with Crippen LogP contribution in [0.25, 0.3) is 16.6 Å². The number of carbonyl (C=O) groups excluding carboxylic acids is 6. The van der Waals surface area contributed by atoms with Gasteiger partial charge in [0.25, 0.3) is 0 Å². The molecule has 7 N–H and O–H groups in total. The van der Waals surface area contributed by atoms with Crippen molar-refractivity contribution < 1.29 is 43.7 Å². The molecule has 3 aromatic carbocycles. The number of piperidine rings is 1. The average Bonchev–Trinajstić information content (AvgIpc) is 3.94. The van der Waals surface area contributed by atoms with Crippen molar-refractivity contribution in [2.75, 3.05) is 55.3 Å². The number of amides is 6. The van der Waals surface area contributed by atoms with Gasteiger partial charge in [0.05, 0.1) is 24.6 Å². The van der Waals surface area contributed by atoms with E-state index in [1.807, 2.05) is 0 Å². The van der Waals surface area contributed by atoms with Crippen molar-refractivity contribution in [3.8, 4) is 5.69 Å². The minimum Gasteiger partial charge on any atom is -0.455 e. The van der Waals surface area contributed by atoms with Crippen LogP contribution in [-0.4, -0.2) is 132 Å². The zero-order valence-corrected chi connectivity index (χ0v) is 35.5. The molecular weight excluding hydrogens is 838 g/mol. The van der Waals surface area contributed by atoms with Gasteiger partial charge in [-0.3, -0.25) is 19.2 Å². The minimum absolute atomic E-state index is 0.0770. The summed E-state index contributed by atoms with van der Waals surface area (Å²) in [4.78, 5) is 85.6. The molecule has 5 aromatic rings. The van der Waals surface area contributed by atoms with E-state index in [4.69, 9.17) is 16.3 Å². The van der Waals surface area contributed by atoms with Crippen LogP contribution in [0, 0.1) is 5.92 Å². The van der Waals surface area contributed by atoms with Gasteiger partial charge in [-0.2, -0.15) is 4.68 Å². The summed E-state index contributed by atoms with van der Waals surface area (Å²) in [5, 5.41) is 41.2. The van der Waals surface area contributed by atoms with E-state index in [0.717, 1.165) is 0 Å². The third kappa shape index (κ3) is 12.1. The van der Waals surface area contributed by atoms with E-state index in [0.29, 0.717) is 59.5 Å². The van der Waals surface area contributed by atoms with E-state index < -0.39 is 35.3 Å². The molecule has 0 bridgehead atoms. The highest BCUT2D eigenvalue weighted by atomic mass is 35.5. The lowest BCUT2D eigenvalue weighted by Gasteiger charge is -2.34. The number of rotatable bonds is 14. The number of benzene rings is 3. The van der Waals surface area contributed by atoms with Crippen LogP contribution >= 0.6 is 11.6 Å². The first-order valence-corrected chi connectivity index (χ1v) is 20.5. The number of anilines is 3. The number of H-pyrrole nitrogens is 1. The molecule has 0 aliphatic carbocycles. The lowest BCUT2D eigenvalue weighted by Crippen LogP contribution is -2.49. The maximum absolute atomic E-state index is 14.0. The van der Waals surface area contributed by atoms with Crippen molar-refractivity contribution in [3.63, 3.8) is 0 Å². The Morgan fingerprint density at radius 1 is 0.889 bits per heavy atom. The number of aromatic amines is 1. The van der Waals surface area contributed by atoms with E-state index >= 15 is 0 Å². The Balaban J connectivity index is 1.14. The zero-order valence-electron chi connectivity index (χ0n) is 34.8. The van der Waals surface area contributed by atoms with E-state index in [1.54, 1.807) is 86.3 Å². The Bertz CT molecular complexity index is 2440. The first kappa shape index (κ1) is 45.6. The van der Waals surface area contributed by atoms with Crippen LogP contribution in [0.1, 0.15) is 49.7 Å². The summed E-state index contributed by atoms with van der Waals surface area (Å²) >= 11 is 6.19. The van der Waals surface area contributed by atoms with Gasteiger partial charge >= 0.3 is 23.8 Å². The molecular formula is C42H48ClN11O9. The van der Waals surface area contributed by atoms with Crippen LogP contribution < -0.4 is 21.3 Å². The monoisotopic (exact) mass is 885 g/mol. The van der Waals surface area contributed by atoms with Crippen molar-refractivity contribution in [2.45, 2.75) is 51.7 Å². The van der Waals surface area contributed by atoms with Crippen molar-refractivity contribution in [2.24, 2.45) is 5.92 Å². The lowest BCUT2D eigenvalue weighted by molar-refractivity contribution is -0.138. The number of carbonyl (C=O) groups is 6. The number of ether oxygens (including phenoxy) is 1. The van der Waals surface area contributed by atoms with Crippen molar-refractivity contribution in [1.82, 2.24) is 40.3 Å². The number of aliphatic hydroxyl groups excluding tert-OH is 2. The normalized spacial score (nSPS) is 13.5. The van der Waals surface area contributed by atoms with Crippen LogP contribution in [-0.2, 0) is 30.3 Å². The van der Waals surface area contributed by atoms with Gasteiger partial charge in [0.1, 0.15) is 23.7 Å². The highest BCUT2D eigenvalue weighted by molar-refractivity contribution is 6.40. The van der Waals surface area contributed by atoms with Crippen molar-refractivity contribution in [1.29, 1.82) is 0 Å². The van der Waals surface area contributed by atoms with Gasteiger partial charge in [-0.05, 0) is 104 Å². The number of esters is 1. The molecule has 0 unspecified atom stereocenters. The summed E-state index contributed by atoms with van der Waals surface area (Å²) in [6.07, 6.45) is 2.07. The van der Waals surface area contributed by atoms with Gasteiger partial charge in [0.15, 0.2) is 0 Å². The number of tetrazole rings is 1. The van der Waals surface area contributed by atoms with Gasteiger partial charge in [-0.25, -0.2) is 9.59 Å². The van der Waals surface area contributed by atoms with Gasteiger partial charge in [-0.1, -0.05) is 23.7 Å². The molecule has 2 aromatic heterocycles. The summed E-state index contributed by atoms with van der Waals surface area (Å²) in [7, 11) is 0. The van der Waals surface area contributed by atoms with Crippen LogP contribution in [0.3, 0.4) is 0 Å². The lowest BCUT2D eigenvalue weighted by atomic mass is 9.95. The van der Waals surface area contributed by atoms with Crippen LogP contribution in [0.5, 0.6) is 0 Å². The molecule has 6 amide bonds. The molecule has 0 saturated carbocycles. The highest BCUT2D eigenvalue weighted by Gasteiger charge is 2.31. The summed E-state index contributed by atoms with van der Waals surface area (Å²) in [6.45, 7) is 5.75. The molecule has 1 aliphatic rings. The molecule has 20 nitrogen and oxygen atoms in total. The molecule has 0 radical (unpaired) electrons. The third-order valence-corrected chi connectivity index (χ3v) is 10.2. The summed E-state index contributed by atoms with van der Waals surface area (Å²) < 4.78 is 6.74. The fraction of sp³-hybridized carbons (Fsp3) is 0.357. The van der Waals surface area contributed by atoms with E-state index in [1.165, 1.54) is 22.0 Å². The zero-order chi connectivity index (χ0) is 45.3. The van der Waals surface area contributed by atoms with Crippen LogP contribution in [0.4, 0.5) is 21.9 Å². The van der Waals surface area contributed by atoms with Gasteiger partial charge in [0.2, 0.25) is 11.8 Å². The second-order valence-corrected chi connectivity index (χ2v) is 16.2. The van der Waals surface area contributed by atoms with Crippen LogP contribution in [0.2, 0.25) is 5.02 Å². The average molecular weight is 886 g/mol. The summed E-state index contributed by atoms with van der Waals surface area (Å²) in [6, 6.07) is 16.0. The second-order valence-electron chi connectivity index (χ2n) is 15.7. The number of aliphatic hydroxyl groups is 2. The van der Waals surface area contributed by atoms with Crippen LogP contribution in [0.15, 0.2) is 73.1 Å². The first-order chi connectivity index (χ1) is 30.1.